The zero-order valence-electron chi connectivity index (χ0n) is 15.6. The van der Waals surface area contributed by atoms with Crippen molar-refractivity contribution in [1.82, 2.24) is 10.2 Å². The predicted octanol–water partition coefficient (Wildman–Crippen LogP) is 3.90. The number of hydrogen-bond acceptors (Lipinski definition) is 3. The molecule has 0 aliphatic heterocycles. The predicted molar refractivity (Wildman–Crippen MR) is 110 cm³/mol. The summed E-state index contributed by atoms with van der Waals surface area (Å²) in [7, 11) is 5.81. The molecule has 0 heterocycles. The number of hydrogen-bond donors (Lipinski definition) is 2. The molecule has 2 N–H and O–H groups in total. The molecule has 2 aromatic rings. The molecule has 134 valence electrons. The molecule has 0 spiro atoms. The number of nitrogens with zero attached hydrogens (tertiary/aromatic N) is 1. The first-order valence-electron chi connectivity index (χ1n) is 8.33. The highest BCUT2D eigenvalue weighted by molar-refractivity contribution is 7.80. The molecule has 25 heavy (non-hydrogen) atoms. The van der Waals surface area contributed by atoms with Crippen molar-refractivity contribution in [2.75, 3.05) is 33.1 Å². The normalized spacial score (nSPS) is 11.9. The quantitative estimate of drug-likeness (QED) is 0.767. The topological polar surface area (TPSA) is 36.5 Å². The third-order valence-corrected chi connectivity index (χ3v) is 4.47. The van der Waals surface area contributed by atoms with Crippen LogP contribution in [0.15, 0.2) is 42.5 Å². The van der Waals surface area contributed by atoms with Crippen LogP contribution < -0.4 is 15.4 Å². The summed E-state index contributed by atoms with van der Waals surface area (Å²) in [5.41, 5.74) is 4.64. The molecule has 0 saturated carbocycles. The van der Waals surface area contributed by atoms with Crippen molar-refractivity contribution in [3.8, 4) is 5.75 Å². The molecular weight excluding hydrogens is 330 g/mol. The maximum atomic E-state index is 5.47. The van der Waals surface area contributed by atoms with Gasteiger partial charge in [-0.3, -0.25) is 0 Å². The van der Waals surface area contributed by atoms with Crippen LogP contribution in [0.4, 0.5) is 5.69 Å². The van der Waals surface area contributed by atoms with E-state index in [4.69, 9.17) is 17.0 Å². The Hall–Kier alpha value is -2.11. The molecule has 4 nitrogen and oxygen atoms in total. The second-order valence-corrected chi connectivity index (χ2v) is 6.81. The van der Waals surface area contributed by atoms with Crippen LogP contribution in [0, 0.1) is 13.8 Å². The van der Waals surface area contributed by atoms with Gasteiger partial charge in [0, 0.05) is 12.2 Å². The van der Waals surface area contributed by atoms with Gasteiger partial charge in [0.1, 0.15) is 5.75 Å². The first-order valence-corrected chi connectivity index (χ1v) is 8.74. The number of ether oxygens (including phenoxy) is 1. The Bertz CT molecular complexity index is 713. The first kappa shape index (κ1) is 19.2. The Morgan fingerprint density at radius 3 is 2.40 bits per heavy atom. The molecule has 0 amide bonds. The van der Waals surface area contributed by atoms with Crippen LogP contribution in [-0.2, 0) is 0 Å². The van der Waals surface area contributed by atoms with Gasteiger partial charge in [0.2, 0.25) is 0 Å². The van der Waals surface area contributed by atoms with Crippen LogP contribution >= 0.6 is 12.2 Å². The molecule has 0 unspecified atom stereocenters. The van der Waals surface area contributed by atoms with E-state index in [-0.39, 0.29) is 6.04 Å². The second-order valence-electron chi connectivity index (χ2n) is 6.41. The van der Waals surface area contributed by atoms with Crippen molar-refractivity contribution in [1.29, 1.82) is 0 Å². The van der Waals surface area contributed by atoms with Gasteiger partial charge >= 0.3 is 0 Å². The third-order valence-electron chi connectivity index (χ3n) is 4.22. The summed E-state index contributed by atoms with van der Waals surface area (Å²) in [6, 6.07) is 14.7. The molecule has 1 atom stereocenters. The summed E-state index contributed by atoms with van der Waals surface area (Å²) in [6.07, 6.45) is 0. The number of nitrogens with one attached hydrogen (secondary N) is 2. The van der Waals surface area contributed by atoms with Crippen molar-refractivity contribution >= 4 is 23.0 Å². The van der Waals surface area contributed by atoms with Gasteiger partial charge in [-0.1, -0.05) is 24.3 Å². The fourth-order valence-electron chi connectivity index (χ4n) is 2.65. The monoisotopic (exact) mass is 357 g/mol. The number of benzene rings is 2. The van der Waals surface area contributed by atoms with E-state index in [2.05, 4.69) is 73.8 Å². The highest BCUT2D eigenvalue weighted by Crippen LogP contribution is 2.21. The van der Waals surface area contributed by atoms with Crippen LogP contribution in [0.25, 0.3) is 0 Å². The minimum atomic E-state index is 0.212. The maximum absolute atomic E-state index is 5.47. The Balaban J connectivity index is 2.00. The van der Waals surface area contributed by atoms with E-state index in [1.807, 2.05) is 12.1 Å². The molecule has 0 saturated heterocycles. The van der Waals surface area contributed by atoms with Crippen molar-refractivity contribution in [2.45, 2.75) is 19.9 Å². The molecule has 0 aliphatic rings. The van der Waals surface area contributed by atoms with E-state index in [1.165, 1.54) is 16.7 Å². The van der Waals surface area contributed by atoms with E-state index in [0.717, 1.165) is 18.0 Å². The third kappa shape index (κ3) is 5.44. The number of anilines is 1. The first-order chi connectivity index (χ1) is 11.9. The lowest BCUT2D eigenvalue weighted by molar-refractivity contribution is 0.299. The van der Waals surface area contributed by atoms with Gasteiger partial charge in [-0.15, -0.1) is 0 Å². The van der Waals surface area contributed by atoms with E-state index >= 15 is 0 Å². The van der Waals surface area contributed by atoms with Crippen molar-refractivity contribution in [3.63, 3.8) is 0 Å². The number of methoxy groups -OCH3 is 1. The molecule has 0 bridgehead atoms. The molecule has 5 heteroatoms. The minimum Gasteiger partial charge on any atom is -0.497 e. The number of thiocarbonyl (C=S) groups is 1. The zero-order chi connectivity index (χ0) is 18.4. The second kappa shape index (κ2) is 8.83. The van der Waals surface area contributed by atoms with E-state index in [9.17, 15) is 0 Å². The van der Waals surface area contributed by atoms with Gasteiger partial charge in [-0.05, 0) is 75.1 Å². The molecule has 0 fully saturated rings. The van der Waals surface area contributed by atoms with Gasteiger partial charge in [-0.25, -0.2) is 0 Å². The molecule has 2 aromatic carbocycles. The smallest absolute Gasteiger partial charge is 0.170 e. The van der Waals surface area contributed by atoms with E-state index < -0.39 is 0 Å². The van der Waals surface area contributed by atoms with Crippen LogP contribution in [0.3, 0.4) is 0 Å². The number of rotatable bonds is 6. The molecule has 0 aliphatic carbocycles. The van der Waals surface area contributed by atoms with Gasteiger partial charge in [0.15, 0.2) is 5.11 Å². The molecule has 0 aromatic heterocycles. The van der Waals surface area contributed by atoms with Crippen LogP contribution in [0.2, 0.25) is 0 Å². The average Bonchev–Trinajstić information content (AvgIpc) is 2.58. The minimum absolute atomic E-state index is 0.212. The van der Waals surface area contributed by atoms with Crippen LogP contribution in [0.5, 0.6) is 5.75 Å². The molecule has 2 rings (SSSR count). The summed E-state index contributed by atoms with van der Waals surface area (Å²) >= 11 is 5.47. The Morgan fingerprint density at radius 1 is 1.12 bits per heavy atom. The maximum Gasteiger partial charge on any atom is 0.170 e. The average molecular weight is 358 g/mol. The van der Waals surface area contributed by atoms with Crippen molar-refractivity contribution < 1.29 is 4.74 Å². The highest BCUT2D eigenvalue weighted by atomic mass is 32.1. The van der Waals surface area contributed by atoms with Gasteiger partial charge in [-0.2, -0.15) is 0 Å². The highest BCUT2D eigenvalue weighted by Gasteiger charge is 2.14. The van der Waals surface area contributed by atoms with E-state index in [1.54, 1.807) is 7.11 Å². The van der Waals surface area contributed by atoms with Gasteiger partial charge < -0.3 is 20.3 Å². The Morgan fingerprint density at radius 2 is 1.80 bits per heavy atom. The Kier molecular flexibility index (Phi) is 6.79. The lowest BCUT2D eigenvalue weighted by Crippen LogP contribution is -2.36. The van der Waals surface area contributed by atoms with Gasteiger partial charge in [0.25, 0.3) is 0 Å². The van der Waals surface area contributed by atoms with Crippen LogP contribution in [0.1, 0.15) is 22.7 Å². The standard InChI is InChI=1S/C20H27N3OS/c1-14-6-7-15(2)18(12-14)22-20(25)21-13-19(23(3)4)16-8-10-17(24-5)11-9-16/h6-12,19H,13H2,1-5H3,(H2,21,22,25)/t19-/m1/s1. The number of likely N-dealkylation sites (N-methyl/N-ethyl adjacent to an activating group) is 1. The fourth-order valence-corrected chi connectivity index (χ4v) is 2.84. The van der Waals surface area contributed by atoms with Crippen molar-refractivity contribution in [3.05, 3.63) is 59.2 Å². The SMILES string of the molecule is COc1ccc([C@@H](CNC(=S)Nc2cc(C)ccc2C)N(C)C)cc1. The fraction of sp³-hybridized carbons (Fsp3) is 0.350. The largest absolute Gasteiger partial charge is 0.497 e. The van der Waals surface area contributed by atoms with Crippen molar-refractivity contribution in [2.24, 2.45) is 0 Å². The van der Waals surface area contributed by atoms with E-state index in [0.29, 0.717) is 5.11 Å². The summed E-state index contributed by atoms with van der Waals surface area (Å²) in [6.45, 7) is 4.87. The molecule has 0 radical (unpaired) electrons. The summed E-state index contributed by atoms with van der Waals surface area (Å²) in [5.74, 6) is 0.862. The summed E-state index contributed by atoms with van der Waals surface area (Å²) in [4.78, 5) is 2.18. The molecular formula is C20H27N3OS. The van der Waals surface area contributed by atoms with Crippen LogP contribution in [-0.4, -0.2) is 37.8 Å². The summed E-state index contributed by atoms with van der Waals surface area (Å²) in [5, 5.41) is 7.26. The summed E-state index contributed by atoms with van der Waals surface area (Å²) < 4.78 is 5.23. The lowest BCUT2D eigenvalue weighted by Gasteiger charge is -2.26. The van der Waals surface area contributed by atoms with Gasteiger partial charge in [0.05, 0.1) is 13.2 Å². The lowest BCUT2D eigenvalue weighted by atomic mass is 10.1. The number of aryl methyl sites for hydroxylation is 2. The zero-order valence-corrected chi connectivity index (χ0v) is 16.4. The Labute approximate surface area is 156 Å².